The fourth-order valence-electron chi connectivity index (χ4n) is 4.56. The Labute approximate surface area is 221 Å². The van der Waals surface area contributed by atoms with Gasteiger partial charge in [-0.15, -0.1) is 11.3 Å². The van der Waals surface area contributed by atoms with E-state index in [2.05, 4.69) is 31.3 Å². The van der Waals surface area contributed by atoms with Crippen LogP contribution in [0.3, 0.4) is 0 Å². The van der Waals surface area contributed by atoms with Crippen LogP contribution in [-0.2, 0) is 17.6 Å². The highest BCUT2D eigenvalue weighted by molar-refractivity contribution is 7.99. The van der Waals surface area contributed by atoms with Gasteiger partial charge in [0.25, 0.3) is 5.56 Å². The highest BCUT2D eigenvalue weighted by Gasteiger charge is 2.20. The van der Waals surface area contributed by atoms with E-state index in [0.717, 1.165) is 52.2 Å². The Kier molecular flexibility index (Phi) is 8.00. The third-order valence-corrected chi connectivity index (χ3v) is 8.57. The molecule has 0 aliphatic rings. The molecule has 5 nitrogen and oxygen atoms in total. The van der Waals surface area contributed by atoms with Crippen molar-refractivity contribution < 1.29 is 4.79 Å². The maximum Gasteiger partial charge on any atom is 0.267 e. The smallest absolute Gasteiger partial charge is 0.267 e. The number of benzene rings is 2. The quantitative estimate of drug-likeness (QED) is 0.203. The molecule has 1 N–H and O–H groups in total. The number of thioether (sulfide) groups is 1. The highest BCUT2D eigenvalue weighted by Crippen LogP contribution is 2.31. The molecule has 2 aromatic heterocycles. The number of carbonyl (C=O) groups excluding carboxylic acids is 1. The Bertz CT molecular complexity index is 1460. The average Bonchev–Trinajstić information content (AvgIpc) is 3.15. The molecule has 0 bridgehead atoms. The first-order chi connectivity index (χ1) is 17.2. The second kappa shape index (κ2) is 11.0. The first-order valence-corrected chi connectivity index (χ1v) is 14.2. The van der Waals surface area contributed by atoms with E-state index in [4.69, 9.17) is 4.98 Å². The molecule has 0 unspecified atom stereocenters. The summed E-state index contributed by atoms with van der Waals surface area (Å²) in [6.07, 6.45) is 2.87. The number of aromatic nitrogens is 2. The van der Waals surface area contributed by atoms with Crippen molar-refractivity contribution in [1.82, 2.24) is 9.55 Å². The van der Waals surface area contributed by atoms with Crippen LogP contribution < -0.4 is 10.9 Å². The Morgan fingerprint density at radius 2 is 1.72 bits per heavy atom. The minimum absolute atomic E-state index is 0.0755. The second-order valence-electron chi connectivity index (χ2n) is 9.25. The fraction of sp³-hybridized carbons (Fsp3) is 0.345. The number of carbonyl (C=O) groups is 1. The molecule has 4 rings (SSSR count). The number of rotatable bonds is 8. The van der Waals surface area contributed by atoms with E-state index >= 15 is 0 Å². The van der Waals surface area contributed by atoms with E-state index in [0.29, 0.717) is 10.5 Å². The molecule has 4 aromatic rings. The van der Waals surface area contributed by atoms with Gasteiger partial charge in [0, 0.05) is 10.6 Å². The summed E-state index contributed by atoms with van der Waals surface area (Å²) >= 11 is 2.89. The van der Waals surface area contributed by atoms with Crippen molar-refractivity contribution in [2.75, 3.05) is 11.1 Å². The topological polar surface area (TPSA) is 64.0 Å². The summed E-state index contributed by atoms with van der Waals surface area (Å²) in [5.41, 5.74) is 7.01. The molecule has 1 amide bonds. The van der Waals surface area contributed by atoms with Gasteiger partial charge >= 0.3 is 0 Å². The van der Waals surface area contributed by atoms with Crippen LogP contribution in [0, 0.1) is 27.7 Å². The molecule has 2 heterocycles. The summed E-state index contributed by atoms with van der Waals surface area (Å²) in [5, 5.41) is 4.28. The first kappa shape index (κ1) is 26.2. The number of anilines is 1. The SMILES string of the molecule is CCCc1sc2nc(SCC(=O)Nc3c(C)cc(C)cc3C)n(-c3ccc(CC)cc3)c(=O)c2c1C. The van der Waals surface area contributed by atoms with Gasteiger partial charge in [-0.3, -0.25) is 14.2 Å². The number of aryl methyl sites for hydroxylation is 6. The van der Waals surface area contributed by atoms with Gasteiger partial charge in [0.05, 0.1) is 16.8 Å². The molecule has 2 aromatic carbocycles. The summed E-state index contributed by atoms with van der Waals surface area (Å²) in [6, 6.07) is 12.1. The molecule has 36 heavy (non-hydrogen) atoms. The van der Waals surface area contributed by atoms with Gasteiger partial charge in [-0.05, 0) is 74.9 Å². The largest absolute Gasteiger partial charge is 0.325 e. The minimum Gasteiger partial charge on any atom is -0.325 e. The van der Waals surface area contributed by atoms with Crippen molar-refractivity contribution in [3.8, 4) is 5.69 Å². The second-order valence-corrected chi connectivity index (χ2v) is 11.3. The molecular formula is C29H33N3O2S2. The molecule has 0 fully saturated rings. The van der Waals surface area contributed by atoms with Gasteiger partial charge in [-0.1, -0.05) is 61.9 Å². The molecule has 0 saturated heterocycles. The minimum atomic E-state index is -0.119. The van der Waals surface area contributed by atoms with Crippen molar-refractivity contribution in [3.63, 3.8) is 0 Å². The van der Waals surface area contributed by atoms with E-state index in [1.807, 2.05) is 52.0 Å². The van der Waals surface area contributed by atoms with Gasteiger partial charge in [0.1, 0.15) is 4.83 Å². The molecule has 7 heteroatoms. The van der Waals surface area contributed by atoms with Crippen LogP contribution in [0.15, 0.2) is 46.3 Å². The van der Waals surface area contributed by atoms with Gasteiger partial charge in [-0.25, -0.2) is 4.98 Å². The van der Waals surface area contributed by atoms with E-state index in [1.165, 1.54) is 27.8 Å². The zero-order valence-corrected chi connectivity index (χ0v) is 23.5. The number of nitrogens with zero attached hydrogens (tertiary/aromatic N) is 2. The summed E-state index contributed by atoms with van der Waals surface area (Å²) < 4.78 is 1.66. The average molecular weight is 520 g/mol. The molecule has 0 spiro atoms. The van der Waals surface area contributed by atoms with Crippen LogP contribution in [-0.4, -0.2) is 21.2 Å². The van der Waals surface area contributed by atoms with E-state index in [-0.39, 0.29) is 17.2 Å². The number of hydrogen-bond donors (Lipinski definition) is 1. The van der Waals surface area contributed by atoms with Crippen LogP contribution in [0.4, 0.5) is 5.69 Å². The van der Waals surface area contributed by atoms with Crippen LogP contribution >= 0.6 is 23.1 Å². The lowest BCUT2D eigenvalue weighted by atomic mass is 10.1. The fourth-order valence-corrected chi connectivity index (χ4v) is 6.70. The normalized spacial score (nSPS) is 11.3. The predicted molar refractivity (Wildman–Crippen MR) is 153 cm³/mol. The third kappa shape index (κ3) is 5.27. The molecule has 0 saturated carbocycles. The number of fused-ring (bicyclic) bond motifs is 1. The number of thiophene rings is 1. The molecule has 0 radical (unpaired) electrons. The summed E-state index contributed by atoms with van der Waals surface area (Å²) in [6.45, 7) is 12.3. The summed E-state index contributed by atoms with van der Waals surface area (Å²) in [5.74, 6) is 0.0375. The van der Waals surface area contributed by atoms with Gasteiger partial charge in [-0.2, -0.15) is 0 Å². The summed E-state index contributed by atoms with van der Waals surface area (Å²) in [4.78, 5) is 33.6. The molecule has 188 valence electrons. The van der Waals surface area contributed by atoms with Crippen LogP contribution in [0.25, 0.3) is 15.9 Å². The van der Waals surface area contributed by atoms with Crippen LogP contribution in [0.2, 0.25) is 0 Å². The van der Waals surface area contributed by atoms with Crippen LogP contribution in [0.1, 0.15) is 53.0 Å². The summed E-state index contributed by atoms with van der Waals surface area (Å²) in [7, 11) is 0. The number of hydrogen-bond acceptors (Lipinski definition) is 5. The Hall–Kier alpha value is -2.90. The molecule has 0 atom stereocenters. The van der Waals surface area contributed by atoms with E-state index in [1.54, 1.807) is 15.9 Å². The Morgan fingerprint density at radius 3 is 2.33 bits per heavy atom. The molecule has 0 aliphatic heterocycles. The lowest BCUT2D eigenvalue weighted by Crippen LogP contribution is -2.23. The predicted octanol–water partition coefficient (Wildman–Crippen LogP) is 6.93. The van der Waals surface area contributed by atoms with Crippen molar-refractivity contribution in [3.05, 3.63) is 79.4 Å². The zero-order chi connectivity index (χ0) is 26.0. The number of nitrogens with one attached hydrogen (secondary N) is 1. The number of amides is 1. The van der Waals surface area contributed by atoms with Gasteiger partial charge in [0.2, 0.25) is 5.91 Å². The maximum absolute atomic E-state index is 13.8. The van der Waals surface area contributed by atoms with Crippen molar-refractivity contribution in [2.24, 2.45) is 0 Å². The Morgan fingerprint density at radius 1 is 1.06 bits per heavy atom. The third-order valence-electron chi connectivity index (χ3n) is 6.39. The van der Waals surface area contributed by atoms with Gasteiger partial charge < -0.3 is 5.32 Å². The van der Waals surface area contributed by atoms with Crippen molar-refractivity contribution >= 4 is 44.9 Å². The Balaban J connectivity index is 1.72. The lowest BCUT2D eigenvalue weighted by Gasteiger charge is -2.14. The van der Waals surface area contributed by atoms with Crippen LogP contribution in [0.5, 0.6) is 0 Å². The van der Waals surface area contributed by atoms with E-state index in [9.17, 15) is 9.59 Å². The standard InChI is InChI=1S/C29H33N3O2S2/c1-7-9-23-20(6)25-27(36-23)31-29(32(28(25)34)22-12-10-21(8-2)11-13-22)35-16-24(33)30-26-18(4)14-17(3)15-19(26)5/h10-15H,7-9,16H2,1-6H3,(H,30,33). The van der Waals surface area contributed by atoms with E-state index < -0.39 is 0 Å². The van der Waals surface area contributed by atoms with Gasteiger partial charge in [0.15, 0.2) is 5.16 Å². The molecule has 0 aliphatic carbocycles. The highest BCUT2D eigenvalue weighted by atomic mass is 32.2. The lowest BCUT2D eigenvalue weighted by molar-refractivity contribution is -0.113. The zero-order valence-electron chi connectivity index (χ0n) is 21.8. The maximum atomic E-state index is 13.8. The molecular weight excluding hydrogens is 486 g/mol. The van der Waals surface area contributed by atoms with Crippen molar-refractivity contribution in [1.29, 1.82) is 0 Å². The first-order valence-electron chi connectivity index (χ1n) is 12.4. The monoisotopic (exact) mass is 519 g/mol. The van der Waals surface area contributed by atoms with Crippen molar-refractivity contribution in [2.45, 2.75) is 66.0 Å².